The van der Waals surface area contributed by atoms with Gasteiger partial charge in [-0.3, -0.25) is 4.79 Å². The minimum Gasteiger partial charge on any atom is -0.480 e. The first-order valence-electron chi connectivity index (χ1n) is 6.17. The lowest BCUT2D eigenvalue weighted by Gasteiger charge is -2.21. The van der Waals surface area contributed by atoms with Gasteiger partial charge in [-0.2, -0.15) is 0 Å². The Hall–Kier alpha value is -1.39. The smallest absolute Gasteiger partial charge is 0.322 e. The molecule has 0 aliphatic rings. The molecule has 2 N–H and O–H groups in total. The molecule has 0 heterocycles. The van der Waals surface area contributed by atoms with Gasteiger partial charge >= 0.3 is 5.97 Å². The molecule has 1 atom stereocenters. The number of hydrogen-bond acceptors (Lipinski definition) is 3. The van der Waals surface area contributed by atoms with Gasteiger partial charge in [-0.1, -0.05) is 24.3 Å². The first-order chi connectivity index (χ1) is 8.54. The predicted molar refractivity (Wildman–Crippen MR) is 72.9 cm³/mol. The second kappa shape index (κ2) is 7.13. The highest BCUT2D eigenvalue weighted by atomic mass is 16.4. The molecule has 0 fully saturated rings. The minimum atomic E-state index is -0.805. The molecule has 0 saturated heterocycles. The van der Waals surface area contributed by atoms with Gasteiger partial charge in [0.05, 0.1) is 0 Å². The number of rotatable bonds is 7. The fourth-order valence-electron chi connectivity index (χ4n) is 1.90. The number of hydrogen-bond donors (Lipinski definition) is 2. The van der Waals surface area contributed by atoms with Crippen molar-refractivity contribution >= 4 is 5.97 Å². The summed E-state index contributed by atoms with van der Waals surface area (Å²) >= 11 is 0. The van der Waals surface area contributed by atoms with Crippen molar-refractivity contribution in [3.8, 4) is 0 Å². The van der Waals surface area contributed by atoms with E-state index in [-0.39, 0.29) is 0 Å². The standard InChI is InChI=1S/C14H22N2O2/c1-11-6-4-5-7-12(11)8-9-16(3)10-13(15-2)14(17)18/h4-7,13,15H,8-10H2,1-3H3,(H,17,18). The van der Waals surface area contributed by atoms with Crippen LogP contribution in [0.5, 0.6) is 0 Å². The summed E-state index contributed by atoms with van der Waals surface area (Å²) in [7, 11) is 3.62. The Morgan fingerprint density at radius 3 is 2.67 bits per heavy atom. The van der Waals surface area contributed by atoms with Crippen molar-refractivity contribution in [2.24, 2.45) is 0 Å². The Kier molecular flexibility index (Phi) is 5.82. The summed E-state index contributed by atoms with van der Waals surface area (Å²) in [6, 6.07) is 7.78. The normalized spacial score (nSPS) is 12.7. The van der Waals surface area contributed by atoms with Crippen LogP contribution in [0.4, 0.5) is 0 Å². The van der Waals surface area contributed by atoms with Crippen molar-refractivity contribution < 1.29 is 9.90 Å². The number of likely N-dealkylation sites (N-methyl/N-ethyl adjacent to an activating group) is 2. The maximum atomic E-state index is 10.9. The lowest BCUT2D eigenvalue weighted by Crippen LogP contribution is -2.43. The first kappa shape index (κ1) is 14.7. The van der Waals surface area contributed by atoms with E-state index in [1.165, 1.54) is 11.1 Å². The molecule has 4 nitrogen and oxygen atoms in total. The van der Waals surface area contributed by atoms with Crippen molar-refractivity contribution in [2.75, 3.05) is 27.2 Å². The molecular formula is C14H22N2O2. The van der Waals surface area contributed by atoms with E-state index in [1.807, 2.05) is 24.1 Å². The number of nitrogens with one attached hydrogen (secondary N) is 1. The van der Waals surface area contributed by atoms with Gasteiger partial charge in [0.15, 0.2) is 0 Å². The fourth-order valence-corrected chi connectivity index (χ4v) is 1.90. The van der Waals surface area contributed by atoms with Crippen molar-refractivity contribution in [1.82, 2.24) is 10.2 Å². The van der Waals surface area contributed by atoms with E-state index >= 15 is 0 Å². The SMILES string of the molecule is CNC(CN(C)CCc1ccccc1C)C(=O)O. The van der Waals surface area contributed by atoms with Crippen LogP contribution in [-0.2, 0) is 11.2 Å². The van der Waals surface area contributed by atoms with Crippen LogP contribution in [0.3, 0.4) is 0 Å². The van der Waals surface area contributed by atoms with Gasteiger partial charge in [0.25, 0.3) is 0 Å². The average Bonchev–Trinajstić information content (AvgIpc) is 2.34. The number of carbonyl (C=O) groups is 1. The Morgan fingerprint density at radius 1 is 1.44 bits per heavy atom. The third-order valence-electron chi connectivity index (χ3n) is 3.16. The van der Waals surface area contributed by atoms with Crippen LogP contribution in [0.25, 0.3) is 0 Å². The highest BCUT2D eigenvalue weighted by Crippen LogP contribution is 2.08. The fraction of sp³-hybridized carbons (Fsp3) is 0.500. The summed E-state index contributed by atoms with van der Waals surface area (Å²) in [6.07, 6.45) is 0.944. The summed E-state index contributed by atoms with van der Waals surface area (Å²) in [5.74, 6) is -0.805. The van der Waals surface area contributed by atoms with Gasteiger partial charge in [0.1, 0.15) is 6.04 Å². The predicted octanol–water partition coefficient (Wildman–Crippen LogP) is 1.14. The average molecular weight is 250 g/mol. The molecule has 0 amide bonds. The lowest BCUT2D eigenvalue weighted by atomic mass is 10.1. The van der Waals surface area contributed by atoms with E-state index in [0.29, 0.717) is 6.54 Å². The van der Waals surface area contributed by atoms with Crippen LogP contribution < -0.4 is 5.32 Å². The minimum absolute atomic E-state index is 0.508. The van der Waals surface area contributed by atoms with E-state index in [4.69, 9.17) is 5.11 Å². The van der Waals surface area contributed by atoms with Crippen molar-refractivity contribution in [3.05, 3.63) is 35.4 Å². The summed E-state index contributed by atoms with van der Waals surface area (Å²) in [4.78, 5) is 12.9. The van der Waals surface area contributed by atoms with Crippen LogP contribution in [-0.4, -0.2) is 49.2 Å². The lowest BCUT2D eigenvalue weighted by molar-refractivity contribution is -0.139. The monoisotopic (exact) mass is 250 g/mol. The molecule has 1 rings (SSSR count). The van der Waals surface area contributed by atoms with Crippen molar-refractivity contribution in [1.29, 1.82) is 0 Å². The van der Waals surface area contributed by atoms with Crippen LogP contribution in [0.15, 0.2) is 24.3 Å². The third kappa shape index (κ3) is 4.47. The summed E-state index contributed by atoms with van der Waals surface area (Å²) in [5, 5.41) is 11.8. The number of benzene rings is 1. The van der Waals surface area contributed by atoms with E-state index in [9.17, 15) is 4.79 Å². The third-order valence-corrected chi connectivity index (χ3v) is 3.16. The van der Waals surface area contributed by atoms with Gasteiger partial charge in [-0.15, -0.1) is 0 Å². The van der Waals surface area contributed by atoms with Crippen LogP contribution in [0.2, 0.25) is 0 Å². The molecule has 0 bridgehead atoms. The van der Waals surface area contributed by atoms with Gasteiger partial charge < -0.3 is 15.3 Å². The van der Waals surface area contributed by atoms with E-state index in [0.717, 1.165) is 13.0 Å². The molecule has 0 aromatic heterocycles. The van der Waals surface area contributed by atoms with Gasteiger partial charge in [-0.25, -0.2) is 0 Å². The largest absolute Gasteiger partial charge is 0.480 e. The summed E-state index contributed by atoms with van der Waals surface area (Å²) < 4.78 is 0. The molecule has 18 heavy (non-hydrogen) atoms. The molecular weight excluding hydrogens is 228 g/mol. The Morgan fingerprint density at radius 2 is 2.11 bits per heavy atom. The highest BCUT2D eigenvalue weighted by molar-refractivity contribution is 5.73. The van der Waals surface area contributed by atoms with Crippen LogP contribution in [0.1, 0.15) is 11.1 Å². The molecule has 4 heteroatoms. The zero-order chi connectivity index (χ0) is 13.5. The summed E-state index contributed by atoms with van der Waals surface area (Å²) in [6.45, 7) is 3.47. The molecule has 1 aromatic carbocycles. The Bertz CT molecular complexity index is 393. The van der Waals surface area contributed by atoms with E-state index in [1.54, 1.807) is 7.05 Å². The molecule has 1 aromatic rings. The van der Waals surface area contributed by atoms with Gasteiger partial charge in [0.2, 0.25) is 0 Å². The number of carboxylic acids is 1. The summed E-state index contributed by atoms with van der Waals surface area (Å²) in [5.41, 5.74) is 2.61. The molecule has 1 unspecified atom stereocenters. The number of aryl methyl sites for hydroxylation is 1. The molecule has 0 spiro atoms. The van der Waals surface area contributed by atoms with Crippen molar-refractivity contribution in [2.45, 2.75) is 19.4 Å². The zero-order valence-electron chi connectivity index (χ0n) is 11.3. The van der Waals surface area contributed by atoms with E-state index in [2.05, 4.69) is 24.4 Å². The van der Waals surface area contributed by atoms with Crippen LogP contribution in [0, 0.1) is 6.92 Å². The molecule has 0 saturated carbocycles. The molecule has 100 valence electrons. The first-order valence-corrected chi connectivity index (χ1v) is 6.17. The van der Waals surface area contributed by atoms with Crippen LogP contribution >= 0.6 is 0 Å². The Labute approximate surface area is 109 Å². The van der Waals surface area contributed by atoms with Crippen molar-refractivity contribution in [3.63, 3.8) is 0 Å². The second-order valence-corrected chi connectivity index (χ2v) is 4.62. The quantitative estimate of drug-likeness (QED) is 0.762. The van der Waals surface area contributed by atoms with Gasteiger partial charge in [-0.05, 0) is 38.6 Å². The maximum absolute atomic E-state index is 10.9. The number of carboxylic acid groups (broad SMARTS) is 1. The van der Waals surface area contributed by atoms with E-state index < -0.39 is 12.0 Å². The van der Waals surface area contributed by atoms with Gasteiger partial charge in [0, 0.05) is 13.1 Å². The molecule has 0 radical (unpaired) electrons. The maximum Gasteiger partial charge on any atom is 0.322 e. The molecule has 0 aliphatic heterocycles. The molecule has 0 aliphatic carbocycles. The highest BCUT2D eigenvalue weighted by Gasteiger charge is 2.16. The number of aliphatic carboxylic acids is 1. The zero-order valence-corrected chi connectivity index (χ0v) is 11.3. The topological polar surface area (TPSA) is 52.6 Å². The Balaban J connectivity index is 2.44. The number of nitrogens with zero attached hydrogens (tertiary/aromatic N) is 1. The second-order valence-electron chi connectivity index (χ2n) is 4.62.